The van der Waals surface area contributed by atoms with Gasteiger partial charge in [0.05, 0.1) is 11.6 Å². The Morgan fingerprint density at radius 1 is 1.07 bits per heavy atom. The van der Waals surface area contributed by atoms with Crippen molar-refractivity contribution in [2.45, 2.75) is 33.2 Å². The van der Waals surface area contributed by atoms with Gasteiger partial charge < -0.3 is 10.2 Å². The van der Waals surface area contributed by atoms with Crippen LogP contribution in [0.1, 0.15) is 29.5 Å². The van der Waals surface area contributed by atoms with Crippen molar-refractivity contribution in [3.8, 4) is 11.3 Å². The number of rotatable bonds is 5. The zero-order chi connectivity index (χ0) is 20.9. The monoisotopic (exact) mass is 401 g/mol. The number of amides is 1. The van der Waals surface area contributed by atoms with Crippen LogP contribution in [0, 0.1) is 19.8 Å². The van der Waals surface area contributed by atoms with E-state index in [0.717, 1.165) is 42.0 Å². The summed E-state index contributed by atoms with van der Waals surface area (Å²) in [5.41, 5.74) is 5.51. The largest absolute Gasteiger partial charge is 0.354 e. The molecular formula is C24H27N5O. The lowest BCUT2D eigenvalue weighted by molar-refractivity contribution is -0.125. The number of carbonyl (C=O) groups excluding carboxylic acids is 1. The van der Waals surface area contributed by atoms with Crippen LogP contribution >= 0.6 is 0 Å². The number of benzene rings is 1. The Bertz CT molecular complexity index is 1000. The maximum absolute atomic E-state index is 12.7. The van der Waals surface area contributed by atoms with Crippen LogP contribution in [0.15, 0.2) is 54.9 Å². The van der Waals surface area contributed by atoms with E-state index in [9.17, 15) is 4.79 Å². The third kappa shape index (κ3) is 4.64. The fraction of sp³-hybridized carbons (Fsp3) is 0.333. The first kappa shape index (κ1) is 20.0. The molecule has 1 aromatic carbocycles. The first-order chi connectivity index (χ1) is 14.6. The number of aryl methyl sites for hydroxylation is 2. The Kier molecular flexibility index (Phi) is 6.02. The van der Waals surface area contributed by atoms with E-state index in [1.54, 1.807) is 12.4 Å². The minimum atomic E-state index is -0.0400. The van der Waals surface area contributed by atoms with Crippen LogP contribution < -0.4 is 10.2 Å². The minimum absolute atomic E-state index is 0.0400. The highest BCUT2D eigenvalue weighted by Crippen LogP contribution is 2.24. The lowest BCUT2D eigenvalue weighted by Gasteiger charge is -2.32. The van der Waals surface area contributed by atoms with Crippen LogP contribution in [0.3, 0.4) is 0 Å². The van der Waals surface area contributed by atoms with Crippen LogP contribution in [0.5, 0.6) is 0 Å². The molecule has 0 spiro atoms. The molecule has 1 fully saturated rings. The Labute approximate surface area is 177 Å². The smallest absolute Gasteiger partial charge is 0.225 e. The van der Waals surface area contributed by atoms with Gasteiger partial charge in [-0.3, -0.25) is 9.78 Å². The van der Waals surface area contributed by atoms with E-state index in [2.05, 4.69) is 57.4 Å². The van der Waals surface area contributed by atoms with Crippen molar-refractivity contribution in [1.82, 2.24) is 20.5 Å². The van der Waals surface area contributed by atoms with Gasteiger partial charge in [0.15, 0.2) is 5.82 Å². The molecule has 3 aromatic rings. The van der Waals surface area contributed by atoms with Crippen molar-refractivity contribution in [2.75, 3.05) is 18.0 Å². The van der Waals surface area contributed by atoms with Crippen LogP contribution in [-0.2, 0) is 11.3 Å². The summed E-state index contributed by atoms with van der Waals surface area (Å²) in [6, 6.07) is 14.2. The number of aromatic nitrogens is 3. The summed E-state index contributed by atoms with van der Waals surface area (Å²) in [7, 11) is 0. The highest BCUT2D eigenvalue weighted by molar-refractivity contribution is 5.79. The molecule has 3 heterocycles. The number of piperidine rings is 1. The van der Waals surface area contributed by atoms with Gasteiger partial charge in [-0.15, -0.1) is 10.2 Å². The van der Waals surface area contributed by atoms with Crippen molar-refractivity contribution in [3.05, 3.63) is 71.5 Å². The molecule has 1 amide bonds. The highest BCUT2D eigenvalue weighted by atomic mass is 16.1. The van der Waals surface area contributed by atoms with Crippen molar-refractivity contribution >= 4 is 11.7 Å². The van der Waals surface area contributed by atoms with Gasteiger partial charge in [-0.2, -0.15) is 0 Å². The molecule has 1 saturated heterocycles. The number of pyridine rings is 1. The van der Waals surface area contributed by atoms with Crippen molar-refractivity contribution in [2.24, 2.45) is 5.92 Å². The normalized spacial score (nSPS) is 16.3. The van der Waals surface area contributed by atoms with E-state index in [1.165, 1.54) is 11.1 Å². The summed E-state index contributed by atoms with van der Waals surface area (Å²) >= 11 is 0. The molecule has 1 atom stereocenters. The topological polar surface area (TPSA) is 71.0 Å². The van der Waals surface area contributed by atoms with Crippen LogP contribution in [0.2, 0.25) is 0 Å². The van der Waals surface area contributed by atoms with E-state index in [-0.39, 0.29) is 11.8 Å². The van der Waals surface area contributed by atoms with Gasteiger partial charge in [0.2, 0.25) is 5.91 Å². The Morgan fingerprint density at radius 2 is 1.90 bits per heavy atom. The molecular weight excluding hydrogens is 374 g/mol. The molecule has 0 radical (unpaired) electrons. The number of hydrogen-bond acceptors (Lipinski definition) is 5. The van der Waals surface area contributed by atoms with Gasteiger partial charge in [-0.1, -0.05) is 12.1 Å². The van der Waals surface area contributed by atoms with Crippen molar-refractivity contribution < 1.29 is 4.79 Å². The molecule has 4 rings (SSSR count). The molecule has 6 heteroatoms. The molecule has 2 aromatic heterocycles. The summed E-state index contributed by atoms with van der Waals surface area (Å²) in [4.78, 5) is 18.8. The number of anilines is 1. The minimum Gasteiger partial charge on any atom is -0.354 e. The molecule has 1 aliphatic heterocycles. The molecule has 6 nitrogen and oxygen atoms in total. The summed E-state index contributed by atoms with van der Waals surface area (Å²) in [5.74, 6) is 0.882. The molecule has 0 aliphatic carbocycles. The number of hydrogen-bond donors (Lipinski definition) is 1. The maximum atomic E-state index is 12.7. The maximum Gasteiger partial charge on any atom is 0.225 e. The summed E-state index contributed by atoms with van der Waals surface area (Å²) < 4.78 is 0. The fourth-order valence-electron chi connectivity index (χ4n) is 3.78. The average Bonchev–Trinajstić information content (AvgIpc) is 2.80. The lowest BCUT2D eigenvalue weighted by Crippen LogP contribution is -2.43. The summed E-state index contributed by atoms with van der Waals surface area (Å²) in [5, 5.41) is 11.9. The molecule has 1 aliphatic rings. The van der Waals surface area contributed by atoms with Gasteiger partial charge in [-0.05, 0) is 73.7 Å². The standard InChI is InChI=1S/C24H27N5O/c1-17-5-6-20(14-18(17)2)22-7-8-23(28-27-22)29-13-3-4-21(16-29)24(30)26-15-19-9-11-25-12-10-19/h5-12,14,21H,3-4,13,15-16H2,1-2H3,(H,26,30)/t21-/m1/s1. The van der Waals surface area contributed by atoms with Crippen LogP contribution in [0.25, 0.3) is 11.3 Å². The number of nitrogens with zero attached hydrogens (tertiary/aromatic N) is 4. The Hall–Kier alpha value is -3.28. The average molecular weight is 402 g/mol. The molecule has 154 valence electrons. The molecule has 0 unspecified atom stereocenters. The summed E-state index contributed by atoms with van der Waals surface area (Å²) in [6.45, 7) is 6.30. The second-order valence-electron chi connectivity index (χ2n) is 7.93. The lowest BCUT2D eigenvalue weighted by atomic mass is 9.97. The predicted octanol–water partition coefficient (Wildman–Crippen LogP) is 3.69. The van der Waals surface area contributed by atoms with E-state index >= 15 is 0 Å². The third-order valence-corrected chi connectivity index (χ3v) is 5.79. The molecule has 0 bridgehead atoms. The van der Waals surface area contributed by atoms with Gasteiger partial charge in [0, 0.05) is 37.6 Å². The number of carbonyl (C=O) groups is 1. The van der Waals surface area contributed by atoms with Crippen LogP contribution in [0.4, 0.5) is 5.82 Å². The van der Waals surface area contributed by atoms with E-state index in [1.807, 2.05) is 24.3 Å². The first-order valence-electron chi connectivity index (χ1n) is 10.4. The highest BCUT2D eigenvalue weighted by Gasteiger charge is 2.26. The Morgan fingerprint density at radius 3 is 2.63 bits per heavy atom. The van der Waals surface area contributed by atoms with Gasteiger partial charge in [0.25, 0.3) is 0 Å². The van der Waals surface area contributed by atoms with E-state index < -0.39 is 0 Å². The Balaban J connectivity index is 1.39. The second-order valence-corrected chi connectivity index (χ2v) is 7.93. The zero-order valence-electron chi connectivity index (χ0n) is 17.5. The number of nitrogens with one attached hydrogen (secondary N) is 1. The second kappa shape index (κ2) is 9.03. The summed E-state index contributed by atoms with van der Waals surface area (Å²) in [6.07, 6.45) is 5.34. The van der Waals surface area contributed by atoms with E-state index in [0.29, 0.717) is 13.1 Å². The predicted molar refractivity (Wildman–Crippen MR) is 118 cm³/mol. The van der Waals surface area contributed by atoms with Crippen molar-refractivity contribution in [1.29, 1.82) is 0 Å². The molecule has 1 N–H and O–H groups in total. The SMILES string of the molecule is Cc1ccc(-c2ccc(N3CCC[C@@H](C(=O)NCc4ccncc4)C3)nn2)cc1C. The molecule has 0 saturated carbocycles. The third-order valence-electron chi connectivity index (χ3n) is 5.79. The van der Waals surface area contributed by atoms with Crippen molar-refractivity contribution in [3.63, 3.8) is 0 Å². The zero-order valence-corrected chi connectivity index (χ0v) is 17.5. The van der Waals surface area contributed by atoms with Gasteiger partial charge >= 0.3 is 0 Å². The van der Waals surface area contributed by atoms with Crippen LogP contribution in [-0.4, -0.2) is 34.2 Å². The molecule has 30 heavy (non-hydrogen) atoms. The van der Waals surface area contributed by atoms with E-state index in [4.69, 9.17) is 0 Å². The van der Waals surface area contributed by atoms with Gasteiger partial charge in [-0.25, -0.2) is 0 Å². The fourth-order valence-corrected chi connectivity index (χ4v) is 3.78. The first-order valence-corrected chi connectivity index (χ1v) is 10.4. The quantitative estimate of drug-likeness (QED) is 0.706. The van der Waals surface area contributed by atoms with Gasteiger partial charge in [0.1, 0.15) is 0 Å².